The van der Waals surface area contributed by atoms with Crippen molar-refractivity contribution < 1.29 is 105 Å². The van der Waals surface area contributed by atoms with E-state index in [0.717, 1.165) is 0 Å². The van der Waals surface area contributed by atoms with Gasteiger partial charge in [-0.15, -0.1) is 0 Å². The van der Waals surface area contributed by atoms with E-state index in [1.54, 1.807) is 0 Å². The molecule has 0 aromatic rings. The van der Waals surface area contributed by atoms with Gasteiger partial charge in [-0.2, -0.15) is 0 Å². The highest BCUT2D eigenvalue weighted by atomic mass is 16.8. The molecule has 0 aromatic carbocycles. The zero-order chi connectivity index (χ0) is 33.7. The summed E-state index contributed by atoms with van der Waals surface area (Å²) in [5.41, 5.74) is 0. The maximum Gasteiger partial charge on any atom is 0.187 e. The second kappa shape index (κ2) is 17.0. The van der Waals surface area contributed by atoms with E-state index in [-0.39, 0.29) is 0 Å². The number of aliphatic hydroxyl groups excluding tert-OH is 15. The monoisotopic (exact) mass is 668 g/mol. The van der Waals surface area contributed by atoms with Gasteiger partial charge in [0.2, 0.25) is 0 Å². The molecule has 19 atom stereocenters. The van der Waals surface area contributed by atoms with Gasteiger partial charge in [-0.1, -0.05) is 0 Å². The third kappa shape index (κ3) is 8.43. The first kappa shape index (κ1) is 38.6. The zero-order valence-electron chi connectivity index (χ0n) is 23.7. The van der Waals surface area contributed by atoms with Gasteiger partial charge in [0.15, 0.2) is 18.9 Å². The average molecular weight is 669 g/mol. The molecule has 21 heteroatoms. The van der Waals surface area contributed by atoms with Gasteiger partial charge >= 0.3 is 0 Å². The van der Waals surface area contributed by atoms with Crippen LogP contribution in [0.4, 0.5) is 0 Å². The fraction of sp³-hybridized carbons (Fsp3) is 1.00. The molecule has 3 heterocycles. The summed E-state index contributed by atoms with van der Waals surface area (Å²) in [6, 6.07) is 0. The maximum atomic E-state index is 11.0. The normalized spacial score (nSPS) is 45.5. The van der Waals surface area contributed by atoms with Crippen LogP contribution in [0.3, 0.4) is 0 Å². The molecule has 0 aliphatic carbocycles. The molecule has 0 saturated carbocycles. The Kier molecular flexibility index (Phi) is 14.6. The highest BCUT2D eigenvalue weighted by Crippen LogP contribution is 2.33. The topological polar surface area (TPSA) is 359 Å². The lowest BCUT2D eigenvalue weighted by Crippen LogP contribution is -2.67. The molecule has 266 valence electrons. The Morgan fingerprint density at radius 2 is 0.933 bits per heavy atom. The second-order valence-electron chi connectivity index (χ2n) is 10.9. The molecule has 15 N–H and O–H groups in total. The molecule has 0 radical (unpaired) electrons. The van der Waals surface area contributed by atoms with Crippen molar-refractivity contribution >= 4 is 0 Å². The largest absolute Gasteiger partial charge is 0.394 e. The highest BCUT2D eigenvalue weighted by Gasteiger charge is 2.54. The van der Waals surface area contributed by atoms with Crippen molar-refractivity contribution in [2.24, 2.45) is 0 Å². The summed E-state index contributed by atoms with van der Waals surface area (Å²) in [6.07, 6.45) is -35.2. The molecule has 0 unspecified atom stereocenters. The standard InChI is InChI=1S/C24H44O21/c25-1-6(30)11(32)19(7(31)2-26)43-24-18(39)21(13(34)9(4-28)41-24)45-23-17(38)15(36)20(10(5-29)42-23)44-22-16(37)14(35)12(33)8(3-27)40-22/h6-39H,1-5H2/t6-,7+,8+,9+,10+,11+,12-,13-,14-,15+,16+,17+,18+,19+,20-,21-,22+,23+,24-/m0/s1. The number of aliphatic hydroxyl groups is 15. The molecule has 3 fully saturated rings. The molecule has 0 spiro atoms. The molecule has 0 amide bonds. The first-order valence-electron chi connectivity index (χ1n) is 14.0. The van der Waals surface area contributed by atoms with E-state index in [0.29, 0.717) is 0 Å². The van der Waals surface area contributed by atoms with Crippen LogP contribution < -0.4 is 0 Å². The minimum atomic E-state index is -2.08. The van der Waals surface area contributed by atoms with Gasteiger partial charge in [0.1, 0.15) is 97.7 Å². The van der Waals surface area contributed by atoms with Crippen molar-refractivity contribution in [3.63, 3.8) is 0 Å². The zero-order valence-corrected chi connectivity index (χ0v) is 23.7. The molecular formula is C24H44O21. The summed E-state index contributed by atoms with van der Waals surface area (Å²) < 4.78 is 32.4. The summed E-state index contributed by atoms with van der Waals surface area (Å²) in [7, 11) is 0. The summed E-state index contributed by atoms with van der Waals surface area (Å²) in [5, 5.41) is 151. The molecule has 3 aliphatic rings. The summed E-state index contributed by atoms with van der Waals surface area (Å²) in [6.45, 7) is -4.67. The minimum absolute atomic E-state index is 0.799. The van der Waals surface area contributed by atoms with Gasteiger partial charge < -0.3 is 105 Å². The molecule has 21 nitrogen and oxygen atoms in total. The third-order valence-electron chi connectivity index (χ3n) is 7.85. The van der Waals surface area contributed by atoms with Crippen LogP contribution in [0.15, 0.2) is 0 Å². The maximum absolute atomic E-state index is 11.0. The van der Waals surface area contributed by atoms with Crippen molar-refractivity contribution in [1.29, 1.82) is 0 Å². The molecule has 3 rings (SSSR count). The smallest absolute Gasteiger partial charge is 0.187 e. The molecule has 0 bridgehead atoms. The highest BCUT2D eigenvalue weighted by molar-refractivity contribution is 4.97. The van der Waals surface area contributed by atoms with Crippen LogP contribution in [0.25, 0.3) is 0 Å². The van der Waals surface area contributed by atoms with Crippen molar-refractivity contribution in [3.8, 4) is 0 Å². The van der Waals surface area contributed by atoms with E-state index in [4.69, 9.17) is 33.5 Å². The van der Waals surface area contributed by atoms with Crippen LogP contribution in [0.5, 0.6) is 0 Å². The first-order valence-corrected chi connectivity index (χ1v) is 14.0. The average Bonchev–Trinajstić information content (AvgIpc) is 3.04. The van der Waals surface area contributed by atoms with Crippen LogP contribution in [-0.2, 0) is 28.4 Å². The van der Waals surface area contributed by atoms with Crippen LogP contribution >= 0.6 is 0 Å². The van der Waals surface area contributed by atoms with Gasteiger partial charge in [-0.05, 0) is 0 Å². The van der Waals surface area contributed by atoms with E-state index < -0.39 is 150 Å². The number of hydrogen-bond donors (Lipinski definition) is 15. The Morgan fingerprint density at radius 1 is 0.467 bits per heavy atom. The lowest BCUT2D eigenvalue weighted by Gasteiger charge is -2.48. The summed E-state index contributed by atoms with van der Waals surface area (Å²) in [5.74, 6) is 0. The van der Waals surface area contributed by atoms with Gasteiger partial charge in [0.25, 0.3) is 0 Å². The van der Waals surface area contributed by atoms with E-state index in [2.05, 4.69) is 0 Å². The van der Waals surface area contributed by atoms with E-state index in [1.807, 2.05) is 0 Å². The molecule has 0 aromatic heterocycles. The molecule has 3 aliphatic heterocycles. The van der Waals surface area contributed by atoms with Crippen LogP contribution in [0.1, 0.15) is 0 Å². The second-order valence-corrected chi connectivity index (χ2v) is 10.9. The summed E-state index contributed by atoms with van der Waals surface area (Å²) in [4.78, 5) is 0. The van der Waals surface area contributed by atoms with Crippen molar-refractivity contribution in [2.45, 2.75) is 117 Å². The quantitative estimate of drug-likeness (QED) is 0.0816. The van der Waals surface area contributed by atoms with Crippen molar-refractivity contribution in [2.75, 3.05) is 33.0 Å². The van der Waals surface area contributed by atoms with Crippen LogP contribution in [0, 0.1) is 0 Å². The molecular weight excluding hydrogens is 624 g/mol. The van der Waals surface area contributed by atoms with Gasteiger partial charge in [0, 0.05) is 0 Å². The number of rotatable bonds is 14. The van der Waals surface area contributed by atoms with E-state index >= 15 is 0 Å². The van der Waals surface area contributed by atoms with Gasteiger partial charge in [-0.3, -0.25) is 0 Å². The van der Waals surface area contributed by atoms with Crippen LogP contribution in [0.2, 0.25) is 0 Å². The summed E-state index contributed by atoms with van der Waals surface area (Å²) >= 11 is 0. The van der Waals surface area contributed by atoms with Crippen molar-refractivity contribution in [3.05, 3.63) is 0 Å². The van der Waals surface area contributed by atoms with E-state index in [1.165, 1.54) is 0 Å². The van der Waals surface area contributed by atoms with Gasteiger partial charge in [-0.25, -0.2) is 0 Å². The number of ether oxygens (including phenoxy) is 6. The lowest BCUT2D eigenvalue weighted by molar-refractivity contribution is -0.383. The molecule has 3 saturated heterocycles. The fourth-order valence-electron chi connectivity index (χ4n) is 5.13. The van der Waals surface area contributed by atoms with Crippen molar-refractivity contribution in [1.82, 2.24) is 0 Å². The Balaban J connectivity index is 1.78. The SMILES string of the molecule is OC[C@@H](O)[C@@H](O[C@@H]1O[C@H](CO)[C@H](O)[C@H](O[C@H]2O[C@H](CO)[C@H](O[C@H]3O[C@H](CO)[C@H](O)[C@H](O)[C@H]3O)[C@H](O)[C@H]2O)[C@H]1O)[C@H](O)[C@@H](O)CO. The predicted molar refractivity (Wildman–Crippen MR) is 136 cm³/mol. The Morgan fingerprint density at radius 3 is 1.47 bits per heavy atom. The Bertz CT molecular complexity index is 869. The number of hydrogen-bond acceptors (Lipinski definition) is 21. The lowest BCUT2D eigenvalue weighted by atomic mass is 9.96. The Hall–Kier alpha value is -0.840. The van der Waals surface area contributed by atoms with Gasteiger partial charge in [0.05, 0.1) is 33.0 Å². The Labute approximate surface area is 255 Å². The van der Waals surface area contributed by atoms with E-state index in [9.17, 15) is 71.5 Å². The molecule has 45 heavy (non-hydrogen) atoms. The minimum Gasteiger partial charge on any atom is -0.394 e. The third-order valence-corrected chi connectivity index (χ3v) is 7.85. The predicted octanol–water partition coefficient (Wildman–Crippen LogP) is -10.1. The fourth-order valence-corrected chi connectivity index (χ4v) is 5.13. The van der Waals surface area contributed by atoms with Crippen LogP contribution in [-0.4, -0.2) is 226 Å². The first-order chi connectivity index (χ1) is 21.2.